The Morgan fingerprint density at radius 1 is 1.00 bits per heavy atom. The number of nitrogens with zero attached hydrogens (tertiary/aromatic N) is 3. The predicted octanol–water partition coefficient (Wildman–Crippen LogP) is 4.52. The number of para-hydroxylation sites is 1. The summed E-state index contributed by atoms with van der Waals surface area (Å²) >= 11 is 0. The zero-order chi connectivity index (χ0) is 21.3. The lowest BCUT2D eigenvalue weighted by Gasteiger charge is -2.35. The summed E-state index contributed by atoms with van der Waals surface area (Å²) in [6.07, 6.45) is -4.34. The molecule has 0 bridgehead atoms. The molecule has 1 aliphatic heterocycles. The molecule has 0 spiro atoms. The molecule has 1 aromatic heterocycles. The number of hydrogen-bond donors (Lipinski definition) is 0. The topological polar surface area (TPSA) is 36.4 Å². The van der Waals surface area contributed by atoms with Gasteiger partial charge in [0.15, 0.2) is 0 Å². The fourth-order valence-corrected chi connectivity index (χ4v) is 3.87. The van der Waals surface area contributed by atoms with Crippen LogP contribution in [-0.4, -0.2) is 46.9 Å². The molecule has 2 aromatic carbocycles. The third kappa shape index (κ3) is 4.31. The summed E-state index contributed by atoms with van der Waals surface area (Å²) < 4.78 is 38.8. The van der Waals surface area contributed by atoms with Crippen LogP contribution in [-0.2, 0) is 12.7 Å². The van der Waals surface area contributed by atoms with Crippen molar-refractivity contribution in [3.8, 4) is 0 Å². The minimum atomic E-state index is -4.34. The van der Waals surface area contributed by atoms with Crippen LogP contribution in [0.3, 0.4) is 0 Å². The van der Waals surface area contributed by atoms with E-state index in [9.17, 15) is 18.0 Å². The summed E-state index contributed by atoms with van der Waals surface area (Å²) in [5.74, 6) is -0.0320. The molecule has 7 heteroatoms. The van der Waals surface area contributed by atoms with Gasteiger partial charge in [-0.1, -0.05) is 36.4 Å². The maximum absolute atomic E-state index is 13.1. The van der Waals surface area contributed by atoms with Gasteiger partial charge in [-0.15, -0.1) is 0 Å². The van der Waals surface area contributed by atoms with Crippen LogP contribution in [0.4, 0.5) is 13.2 Å². The van der Waals surface area contributed by atoms with Crippen molar-refractivity contribution >= 4 is 16.8 Å². The van der Waals surface area contributed by atoms with Crippen molar-refractivity contribution in [2.45, 2.75) is 19.6 Å². The van der Waals surface area contributed by atoms with Gasteiger partial charge < -0.3 is 4.90 Å². The van der Waals surface area contributed by atoms with Gasteiger partial charge in [0, 0.05) is 43.8 Å². The lowest BCUT2D eigenvalue weighted by atomic mass is 10.1. The van der Waals surface area contributed by atoms with Gasteiger partial charge in [-0.05, 0) is 30.7 Å². The molecule has 0 saturated carbocycles. The molecule has 4 nitrogen and oxygen atoms in total. The fourth-order valence-electron chi connectivity index (χ4n) is 3.87. The molecule has 1 saturated heterocycles. The van der Waals surface area contributed by atoms with Gasteiger partial charge in [0.25, 0.3) is 5.91 Å². The van der Waals surface area contributed by atoms with Gasteiger partial charge >= 0.3 is 6.18 Å². The Morgan fingerprint density at radius 2 is 1.73 bits per heavy atom. The van der Waals surface area contributed by atoms with Crippen molar-refractivity contribution in [1.29, 1.82) is 0 Å². The number of aryl methyl sites for hydroxylation is 1. The van der Waals surface area contributed by atoms with E-state index in [0.717, 1.165) is 22.7 Å². The molecule has 30 heavy (non-hydrogen) atoms. The highest BCUT2D eigenvalue weighted by molar-refractivity contribution is 6.06. The van der Waals surface area contributed by atoms with E-state index in [-0.39, 0.29) is 5.91 Å². The standard InChI is InChI=1S/C23H22F3N3O/c1-16-13-20(19-7-2-3-8-21(19)27-16)22(30)29-11-9-28(10-12-29)15-17-5-4-6-18(14-17)23(24,25)26/h2-8,13-14H,9-12,15H2,1H3. The van der Waals surface area contributed by atoms with E-state index < -0.39 is 11.7 Å². The molecular formula is C23H22F3N3O. The second-order valence-corrected chi connectivity index (χ2v) is 7.59. The van der Waals surface area contributed by atoms with Gasteiger partial charge in [0.2, 0.25) is 0 Å². The largest absolute Gasteiger partial charge is 0.416 e. The first-order chi connectivity index (χ1) is 14.3. The monoisotopic (exact) mass is 413 g/mol. The van der Waals surface area contributed by atoms with Crippen molar-refractivity contribution in [3.05, 3.63) is 77.0 Å². The van der Waals surface area contributed by atoms with Gasteiger partial charge in [0.1, 0.15) is 0 Å². The highest BCUT2D eigenvalue weighted by Gasteiger charge is 2.30. The van der Waals surface area contributed by atoms with Crippen LogP contribution in [0.25, 0.3) is 10.9 Å². The molecule has 0 atom stereocenters. The smallest absolute Gasteiger partial charge is 0.336 e. The first kappa shape index (κ1) is 20.3. The summed E-state index contributed by atoms with van der Waals surface area (Å²) in [7, 11) is 0. The number of aromatic nitrogens is 1. The number of fused-ring (bicyclic) bond motifs is 1. The Morgan fingerprint density at radius 3 is 2.47 bits per heavy atom. The van der Waals surface area contributed by atoms with Crippen molar-refractivity contribution in [2.75, 3.05) is 26.2 Å². The molecular weight excluding hydrogens is 391 g/mol. The van der Waals surface area contributed by atoms with Gasteiger partial charge in [-0.2, -0.15) is 13.2 Å². The Labute approximate surface area is 172 Å². The molecule has 0 unspecified atom stereocenters. The summed E-state index contributed by atoms with van der Waals surface area (Å²) in [5, 5.41) is 0.833. The van der Waals surface area contributed by atoms with Crippen LogP contribution in [0.1, 0.15) is 27.2 Å². The Balaban J connectivity index is 1.44. The van der Waals surface area contributed by atoms with E-state index in [1.165, 1.54) is 12.1 Å². The second kappa shape index (κ2) is 8.07. The summed E-state index contributed by atoms with van der Waals surface area (Å²) in [6.45, 7) is 4.61. The van der Waals surface area contributed by atoms with Crippen LogP contribution < -0.4 is 0 Å². The number of halogens is 3. The average Bonchev–Trinajstić information content (AvgIpc) is 2.73. The molecule has 1 aliphatic rings. The van der Waals surface area contributed by atoms with Crippen LogP contribution in [0, 0.1) is 6.92 Å². The molecule has 3 aromatic rings. The van der Waals surface area contributed by atoms with Crippen LogP contribution in [0.5, 0.6) is 0 Å². The highest BCUT2D eigenvalue weighted by atomic mass is 19.4. The maximum atomic E-state index is 13.1. The predicted molar refractivity (Wildman–Crippen MR) is 109 cm³/mol. The summed E-state index contributed by atoms with van der Waals surface area (Å²) in [4.78, 5) is 21.5. The molecule has 0 N–H and O–H groups in total. The summed E-state index contributed by atoms with van der Waals surface area (Å²) in [6, 6.07) is 14.8. The van der Waals surface area contributed by atoms with Crippen LogP contribution >= 0.6 is 0 Å². The number of carbonyl (C=O) groups is 1. The van der Waals surface area contributed by atoms with Crippen LogP contribution in [0.15, 0.2) is 54.6 Å². The van der Waals surface area contributed by atoms with E-state index in [4.69, 9.17) is 0 Å². The van der Waals surface area contributed by atoms with E-state index >= 15 is 0 Å². The summed E-state index contributed by atoms with van der Waals surface area (Å²) in [5.41, 5.74) is 2.22. The van der Waals surface area contributed by atoms with Crippen LogP contribution in [0.2, 0.25) is 0 Å². The number of benzene rings is 2. The number of hydrogen-bond acceptors (Lipinski definition) is 3. The number of pyridine rings is 1. The number of rotatable bonds is 3. The maximum Gasteiger partial charge on any atom is 0.416 e. The molecule has 4 rings (SSSR count). The molecule has 0 radical (unpaired) electrons. The fraction of sp³-hybridized carbons (Fsp3) is 0.304. The van der Waals surface area contributed by atoms with Crippen molar-refractivity contribution in [3.63, 3.8) is 0 Å². The normalized spacial score (nSPS) is 15.5. The average molecular weight is 413 g/mol. The quantitative estimate of drug-likeness (QED) is 0.634. The molecule has 2 heterocycles. The molecule has 0 aliphatic carbocycles. The highest BCUT2D eigenvalue weighted by Crippen LogP contribution is 2.30. The van der Waals surface area contributed by atoms with Gasteiger partial charge in [0.05, 0.1) is 16.6 Å². The Hall–Kier alpha value is -2.93. The lowest BCUT2D eigenvalue weighted by Crippen LogP contribution is -2.48. The van der Waals surface area contributed by atoms with E-state index in [1.54, 1.807) is 6.07 Å². The third-order valence-electron chi connectivity index (χ3n) is 5.39. The van der Waals surface area contributed by atoms with E-state index in [1.807, 2.05) is 42.2 Å². The number of amides is 1. The van der Waals surface area contributed by atoms with E-state index in [2.05, 4.69) is 9.88 Å². The molecule has 1 fully saturated rings. The van der Waals surface area contributed by atoms with Crippen molar-refractivity contribution in [2.24, 2.45) is 0 Å². The zero-order valence-electron chi connectivity index (χ0n) is 16.6. The van der Waals surface area contributed by atoms with Gasteiger partial charge in [-0.25, -0.2) is 0 Å². The van der Waals surface area contributed by atoms with Crippen molar-refractivity contribution in [1.82, 2.24) is 14.8 Å². The molecule has 156 valence electrons. The first-order valence-corrected chi connectivity index (χ1v) is 9.85. The SMILES string of the molecule is Cc1cc(C(=O)N2CCN(Cc3cccc(C(F)(F)F)c3)CC2)c2ccccc2n1. The Bertz CT molecular complexity index is 1070. The Kier molecular flexibility index (Phi) is 5.47. The van der Waals surface area contributed by atoms with Crippen molar-refractivity contribution < 1.29 is 18.0 Å². The minimum Gasteiger partial charge on any atom is -0.336 e. The molecule has 1 amide bonds. The lowest BCUT2D eigenvalue weighted by molar-refractivity contribution is -0.137. The minimum absolute atomic E-state index is 0.0320. The van der Waals surface area contributed by atoms with Gasteiger partial charge in [-0.3, -0.25) is 14.7 Å². The number of piperazine rings is 1. The number of carbonyl (C=O) groups excluding carboxylic acids is 1. The zero-order valence-corrected chi connectivity index (χ0v) is 16.6. The third-order valence-corrected chi connectivity index (χ3v) is 5.39. The second-order valence-electron chi connectivity index (χ2n) is 7.59. The van der Waals surface area contributed by atoms with E-state index in [0.29, 0.717) is 43.9 Å². The first-order valence-electron chi connectivity index (χ1n) is 9.85. The number of alkyl halides is 3.